The highest BCUT2D eigenvalue weighted by atomic mass is 28.3. The van der Waals surface area contributed by atoms with Crippen LogP contribution in [0.3, 0.4) is 0 Å². The van der Waals surface area contributed by atoms with Crippen LogP contribution in [0, 0.1) is 16.7 Å². The maximum absolute atomic E-state index is 2.51. The van der Waals surface area contributed by atoms with Gasteiger partial charge in [0.2, 0.25) is 0 Å². The van der Waals surface area contributed by atoms with Gasteiger partial charge in [0.05, 0.1) is 0 Å². The summed E-state index contributed by atoms with van der Waals surface area (Å²) in [7, 11) is -0.946. The van der Waals surface area contributed by atoms with Crippen LogP contribution in [0.5, 0.6) is 0 Å². The first kappa shape index (κ1) is 16.2. The minimum absolute atomic E-state index is 0.469. The zero-order chi connectivity index (χ0) is 13.2. The second-order valence-electron chi connectivity index (χ2n) is 8.57. The van der Waals surface area contributed by atoms with Crippen molar-refractivity contribution < 1.29 is 0 Å². The molecule has 1 unspecified atom stereocenters. The van der Waals surface area contributed by atoms with Gasteiger partial charge in [-0.15, -0.1) is 0 Å². The van der Waals surface area contributed by atoms with Gasteiger partial charge in [-0.1, -0.05) is 73.6 Å². The second kappa shape index (κ2) is 5.24. The van der Waals surface area contributed by atoms with Gasteiger partial charge in [0, 0.05) is 8.07 Å². The Labute approximate surface area is 105 Å². The van der Waals surface area contributed by atoms with Crippen molar-refractivity contribution in [3.05, 3.63) is 0 Å². The number of rotatable bonds is 5. The summed E-state index contributed by atoms with van der Waals surface area (Å²) in [6.07, 6.45) is 2.68. The first-order valence-corrected chi connectivity index (χ1v) is 10.6. The van der Waals surface area contributed by atoms with E-state index in [2.05, 4.69) is 61.2 Å². The zero-order valence-corrected chi connectivity index (χ0v) is 14.2. The van der Waals surface area contributed by atoms with Gasteiger partial charge in [-0.2, -0.15) is 0 Å². The van der Waals surface area contributed by atoms with Crippen molar-refractivity contribution in [1.29, 1.82) is 0 Å². The highest BCUT2D eigenvalue weighted by molar-refractivity contribution is 6.76. The molecule has 0 saturated carbocycles. The van der Waals surface area contributed by atoms with Crippen molar-refractivity contribution in [2.75, 3.05) is 0 Å². The molecule has 1 atom stereocenters. The fourth-order valence-corrected chi connectivity index (χ4v) is 4.57. The van der Waals surface area contributed by atoms with Crippen LogP contribution in [0.2, 0.25) is 25.7 Å². The molecule has 0 fully saturated rings. The lowest BCUT2D eigenvalue weighted by Crippen LogP contribution is -2.34. The predicted molar refractivity (Wildman–Crippen MR) is 79.8 cm³/mol. The molecule has 0 radical (unpaired) electrons. The molecule has 0 aliphatic carbocycles. The van der Waals surface area contributed by atoms with Crippen LogP contribution in [0.1, 0.15) is 54.4 Å². The molecule has 98 valence electrons. The molecule has 1 heteroatoms. The average molecular weight is 243 g/mol. The average Bonchev–Trinajstić information content (AvgIpc) is 1.97. The van der Waals surface area contributed by atoms with Crippen molar-refractivity contribution in [2.45, 2.75) is 80.1 Å². The summed E-state index contributed by atoms with van der Waals surface area (Å²) in [6.45, 7) is 22.0. The molecule has 0 rings (SSSR count). The van der Waals surface area contributed by atoms with Gasteiger partial charge in [-0.25, -0.2) is 0 Å². The lowest BCUT2D eigenvalue weighted by atomic mass is 9.70. The van der Waals surface area contributed by atoms with Gasteiger partial charge in [0.15, 0.2) is 0 Å². The molecule has 0 bridgehead atoms. The van der Waals surface area contributed by atoms with Gasteiger partial charge < -0.3 is 0 Å². The Balaban J connectivity index is 4.79. The minimum atomic E-state index is -0.946. The highest BCUT2D eigenvalue weighted by Crippen LogP contribution is 2.42. The quantitative estimate of drug-likeness (QED) is 0.533. The summed E-state index contributed by atoms with van der Waals surface area (Å²) < 4.78 is 0. The van der Waals surface area contributed by atoms with Crippen molar-refractivity contribution in [3.8, 4) is 0 Å². The molecule has 0 aromatic carbocycles. The zero-order valence-electron chi connectivity index (χ0n) is 13.2. The van der Waals surface area contributed by atoms with E-state index in [0.717, 1.165) is 5.92 Å². The van der Waals surface area contributed by atoms with Crippen LogP contribution in [0.15, 0.2) is 0 Å². The maximum atomic E-state index is 2.51. The summed E-state index contributed by atoms with van der Waals surface area (Å²) in [6, 6.07) is 1.48. The molecule has 0 aliphatic heterocycles. The first-order valence-electron chi connectivity index (χ1n) is 6.87. The Kier molecular flexibility index (Phi) is 5.32. The van der Waals surface area contributed by atoms with Crippen LogP contribution in [0.25, 0.3) is 0 Å². The fraction of sp³-hybridized carbons (Fsp3) is 1.00. The number of hydrogen-bond donors (Lipinski definition) is 0. The van der Waals surface area contributed by atoms with Crippen LogP contribution in [-0.4, -0.2) is 8.07 Å². The van der Waals surface area contributed by atoms with E-state index in [9.17, 15) is 0 Å². The largest absolute Gasteiger partial charge is 0.0695 e. The SMILES string of the molecule is CCC(C)(C)C(CC(C)(C)C)C[Si](C)(C)C. The molecule has 0 aromatic rings. The van der Waals surface area contributed by atoms with Crippen LogP contribution < -0.4 is 0 Å². The van der Waals surface area contributed by atoms with E-state index >= 15 is 0 Å². The van der Waals surface area contributed by atoms with Crippen LogP contribution in [0.4, 0.5) is 0 Å². The van der Waals surface area contributed by atoms with Crippen molar-refractivity contribution in [2.24, 2.45) is 16.7 Å². The third kappa shape index (κ3) is 6.73. The van der Waals surface area contributed by atoms with Crippen LogP contribution in [-0.2, 0) is 0 Å². The summed E-state index contributed by atoms with van der Waals surface area (Å²) >= 11 is 0. The van der Waals surface area contributed by atoms with Crippen molar-refractivity contribution >= 4 is 8.07 Å². The molecule has 0 spiro atoms. The minimum Gasteiger partial charge on any atom is -0.0695 e. The summed E-state index contributed by atoms with van der Waals surface area (Å²) in [5.74, 6) is 0.893. The molecular formula is C15H34Si. The topological polar surface area (TPSA) is 0 Å². The van der Waals surface area contributed by atoms with E-state index in [1.54, 1.807) is 0 Å². The summed E-state index contributed by atoms with van der Waals surface area (Å²) in [5.41, 5.74) is 0.977. The van der Waals surface area contributed by atoms with E-state index in [1.165, 1.54) is 18.9 Å². The second-order valence-corrected chi connectivity index (χ2v) is 14.1. The van der Waals surface area contributed by atoms with E-state index < -0.39 is 8.07 Å². The first-order chi connectivity index (χ1) is 6.87. The molecule has 0 nitrogen and oxygen atoms in total. The predicted octanol–water partition coefficient (Wildman–Crippen LogP) is 5.81. The molecule has 0 N–H and O–H groups in total. The molecule has 0 heterocycles. The van der Waals surface area contributed by atoms with Crippen molar-refractivity contribution in [3.63, 3.8) is 0 Å². The lowest BCUT2D eigenvalue weighted by Gasteiger charge is -2.40. The van der Waals surface area contributed by atoms with Gasteiger partial charge in [0.1, 0.15) is 0 Å². The van der Waals surface area contributed by atoms with E-state index in [-0.39, 0.29) is 0 Å². The highest BCUT2D eigenvalue weighted by Gasteiger charge is 2.34. The van der Waals surface area contributed by atoms with Gasteiger partial charge in [-0.3, -0.25) is 0 Å². The van der Waals surface area contributed by atoms with Gasteiger partial charge >= 0.3 is 0 Å². The van der Waals surface area contributed by atoms with Crippen LogP contribution >= 0.6 is 0 Å². The third-order valence-corrected chi connectivity index (χ3v) is 5.45. The summed E-state index contributed by atoms with van der Waals surface area (Å²) in [5, 5.41) is 0. The monoisotopic (exact) mass is 242 g/mol. The molecule has 16 heavy (non-hydrogen) atoms. The van der Waals surface area contributed by atoms with E-state index in [4.69, 9.17) is 0 Å². The Bertz CT molecular complexity index is 186. The molecule has 0 aliphatic rings. The maximum Gasteiger partial charge on any atom is 0.0445 e. The fourth-order valence-electron chi connectivity index (χ4n) is 2.39. The Morgan fingerprint density at radius 3 is 1.62 bits per heavy atom. The molecule has 0 aromatic heterocycles. The molecular weight excluding hydrogens is 208 g/mol. The smallest absolute Gasteiger partial charge is 0.0445 e. The third-order valence-electron chi connectivity index (χ3n) is 3.73. The van der Waals surface area contributed by atoms with E-state index in [1.807, 2.05) is 0 Å². The normalized spacial score (nSPS) is 16.3. The van der Waals surface area contributed by atoms with Gasteiger partial charge in [0.25, 0.3) is 0 Å². The molecule has 0 amide bonds. The van der Waals surface area contributed by atoms with E-state index in [0.29, 0.717) is 10.8 Å². The number of hydrogen-bond acceptors (Lipinski definition) is 0. The Morgan fingerprint density at radius 2 is 1.38 bits per heavy atom. The molecule has 0 saturated heterocycles. The lowest BCUT2D eigenvalue weighted by molar-refractivity contribution is 0.156. The Hall–Kier alpha value is 0.217. The standard InChI is InChI=1S/C15H34Si/c1-10-15(5,6)13(11-14(2,3)4)12-16(7,8)9/h13H,10-12H2,1-9H3. The van der Waals surface area contributed by atoms with Gasteiger partial charge in [-0.05, 0) is 23.2 Å². The van der Waals surface area contributed by atoms with Crippen molar-refractivity contribution in [1.82, 2.24) is 0 Å². The summed E-state index contributed by atoms with van der Waals surface area (Å²) in [4.78, 5) is 0. The Morgan fingerprint density at radius 1 is 0.938 bits per heavy atom.